The van der Waals surface area contributed by atoms with E-state index >= 15 is 0 Å². The maximum Gasteiger partial charge on any atom is 0.156 e. The monoisotopic (exact) mass is 295 g/mol. The lowest BCUT2D eigenvalue weighted by molar-refractivity contribution is 0.478. The minimum absolute atomic E-state index is 0.454. The molecule has 1 fully saturated rings. The Morgan fingerprint density at radius 1 is 1.09 bits per heavy atom. The zero-order chi connectivity index (χ0) is 14.8. The van der Waals surface area contributed by atoms with E-state index in [1.54, 1.807) is 18.6 Å². The summed E-state index contributed by atoms with van der Waals surface area (Å²) in [4.78, 5) is 20.5. The molecule has 4 rings (SSSR count). The number of hydrogen-bond donors (Lipinski definition) is 3. The van der Waals surface area contributed by atoms with Gasteiger partial charge in [-0.15, -0.1) is 0 Å². The van der Waals surface area contributed by atoms with Crippen LogP contribution in [-0.2, 0) is 0 Å². The molecule has 3 N–H and O–H groups in total. The van der Waals surface area contributed by atoms with Gasteiger partial charge in [0.15, 0.2) is 5.65 Å². The van der Waals surface area contributed by atoms with Crippen molar-refractivity contribution in [1.29, 1.82) is 0 Å². The maximum atomic E-state index is 4.72. The summed E-state index contributed by atoms with van der Waals surface area (Å²) in [7, 11) is 0. The average molecular weight is 295 g/mol. The molecular formula is C15H17N7. The van der Waals surface area contributed by atoms with Crippen molar-refractivity contribution in [3.8, 4) is 11.1 Å². The lowest BCUT2D eigenvalue weighted by atomic mass is 10.1. The molecule has 4 heterocycles. The molecule has 3 aromatic rings. The van der Waals surface area contributed by atoms with Crippen LogP contribution in [0.25, 0.3) is 22.3 Å². The Morgan fingerprint density at radius 3 is 2.73 bits per heavy atom. The average Bonchev–Trinajstić information content (AvgIpc) is 3.00. The quantitative estimate of drug-likeness (QED) is 0.679. The first-order valence-corrected chi connectivity index (χ1v) is 7.47. The number of H-pyrrole nitrogens is 1. The predicted octanol–water partition coefficient (Wildman–Crippen LogP) is 1.58. The van der Waals surface area contributed by atoms with Gasteiger partial charge in [0.05, 0.1) is 6.20 Å². The highest BCUT2D eigenvalue weighted by Crippen LogP contribution is 2.26. The van der Waals surface area contributed by atoms with Gasteiger partial charge in [-0.25, -0.2) is 19.9 Å². The molecule has 1 aliphatic rings. The molecule has 0 spiro atoms. The Kier molecular flexibility index (Phi) is 3.40. The van der Waals surface area contributed by atoms with Gasteiger partial charge in [0, 0.05) is 35.8 Å². The number of aromatic amines is 1. The van der Waals surface area contributed by atoms with Crippen LogP contribution in [0.2, 0.25) is 0 Å². The molecule has 0 aromatic carbocycles. The predicted molar refractivity (Wildman–Crippen MR) is 84.4 cm³/mol. The van der Waals surface area contributed by atoms with E-state index < -0.39 is 0 Å². The fourth-order valence-electron chi connectivity index (χ4n) is 2.79. The Morgan fingerprint density at radius 2 is 1.91 bits per heavy atom. The first-order chi connectivity index (χ1) is 10.9. The van der Waals surface area contributed by atoms with Gasteiger partial charge in [0.1, 0.15) is 17.7 Å². The van der Waals surface area contributed by atoms with Crippen LogP contribution in [0.5, 0.6) is 0 Å². The van der Waals surface area contributed by atoms with Gasteiger partial charge in [-0.3, -0.25) is 0 Å². The second-order valence-corrected chi connectivity index (χ2v) is 5.45. The number of hydrogen-bond acceptors (Lipinski definition) is 6. The molecule has 3 aromatic heterocycles. The summed E-state index contributed by atoms with van der Waals surface area (Å²) in [5.74, 6) is 0.817. The van der Waals surface area contributed by atoms with E-state index in [2.05, 4.69) is 30.6 Å². The van der Waals surface area contributed by atoms with Gasteiger partial charge in [-0.05, 0) is 25.9 Å². The molecule has 22 heavy (non-hydrogen) atoms. The number of piperidine rings is 1. The Balaban J connectivity index is 1.67. The van der Waals surface area contributed by atoms with Crippen molar-refractivity contribution in [2.24, 2.45) is 0 Å². The molecule has 1 aliphatic heterocycles. The number of rotatable bonds is 3. The molecule has 1 saturated heterocycles. The number of nitrogens with one attached hydrogen (secondary N) is 3. The standard InChI is InChI=1S/C15H17N7/c1-3-16-4-2-11(1)21-13-8-20-15-14(22-13)12(7-19-15)10-5-17-9-18-6-10/h5-9,11,16H,1-4H2,(H,19,20)(H,21,22). The SMILES string of the molecule is c1ncc(-c2c[nH]c3ncc(NC4CCNCC4)nc23)cn1. The summed E-state index contributed by atoms with van der Waals surface area (Å²) in [6.45, 7) is 2.09. The third-order valence-corrected chi connectivity index (χ3v) is 3.94. The van der Waals surface area contributed by atoms with Crippen LogP contribution >= 0.6 is 0 Å². The van der Waals surface area contributed by atoms with Crippen molar-refractivity contribution in [3.05, 3.63) is 31.1 Å². The molecule has 112 valence electrons. The minimum Gasteiger partial charge on any atom is -0.366 e. The summed E-state index contributed by atoms with van der Waals surface area (Å²) in [5.41, 5.74) is 3.52. The largest absolute Gasteiger partial charge is 0.366 e. The Labute approximate surface area is 127 Å². The lowest BCUT2D eigenvalue weighted by Crippen LogP contribution is -2.35. The fraction of sp³-hybridized carbons (Fsp3) is 0.333. The zero-order valence-electron chi connectivity index (χ0n) is 12.1. The van der Waals surface area contributed by atoms with E-state index in [0.29, 0.717) is 6.04 Å². The molecule has 0 saturated carbocycles. The van der Waals surface area contributed by atoms with Gasteiger partial charge in [0.2, 0.25) is 0 Å². The smallest absolute Gasteiger partial charge is 0.156 e. The van der Waals surface area contributed by atoms with Crippen molar-refractivity contribution in [3.63, 3.8) is 0 Å². The molecule has 7 nitrogen and oxygen atoms in total. The van der Waals surface area contributed by atoms with E-state index in [4.69, 9.17) is 4.98 Å². The van der Waals surface area contributed by atoms with Gasteiger partial charge in [-0.2, -0.15) is 0 Å². The van der Waals surface area contributed by atoms with Crippen LogP contribution in [0.15, 0.2) is 31.1 Å². The highest BCUT2D eigenvalue weighted by atomic mass is 15.1. The molecule has 0 atom stereocenters. The molecule has 7 heteroatoms. The molecule has 0 bridgehead atoms. The van der Waals surface area contributed by atoms with E-state index in [9.17, 15) is 0 Å². The van der Waals surface area contributed by atoms with E-state index in [1.807, 2.05) is 6.20 Å². The molecule has 0 amide bonds. The number of nitrogens with zero attached hydrogens (tertiary/aromatic N) is 4. The van der Waals surface area contributed by atoms with Crippen molar-refractivity contribution >= 4 is 17.0 Å². The van der Waals surface area contributed by atoms with Crippen LogP contribution in [-0.4, -0.2) is 44.1 Å². The summed E-state index contributed by atoms with van der Waals surface area (Å²) in [5, 5.41) is 6.84. The van der Waals surface area contributed by atoms with Gasteiger partial charge in [-0.1, -0.05) is 0 Å². The van der Waals surface area contributed by atoms with Crippen molar-refractivity contribution < 1.29 is 0 Å². The number of aromatic nitrogens is 5. The van der Waals surface area contributed by atoms with Crippen LogP contribution < -0.4 is 10.6 Å². The molecule has 0 radical (unpaired) electrons. The zero-order valence-corrected chi connectivity index (χ0v) is 12.1. The van der Waals surface area contributed by atoms with Crippen LogP contribution in [0.4, 0.5) is 5.82 Å². The van der Waals surface area contributed by atoms with E-state index in [-0.39, 0.29) is 0 Å². The maximum absolute atomic E-state index is 4.72. The Hall–Kier alpha value is -2.54. The first kappa shape index (κ1) is 13.1. The fourth-order valence-corrected chi connectivity index (χ4v) is 2.79. The van der Waals surface area contributed by atoms with Crippen LogP contribution in [0.1, 0.15) is 12.8 Å². The van der Waals surface area contributed by atoms with Crippen molar-refractivity contribution in [1.82, 2.24) is 30.2 Å². The van der Waals surface area contributed by atoms with Gasteiger partial charge >= 0.3 is 0 Å². The second kappa shape index (κ2) is 5.69. The lowest BCUT2D eigenvalue weighted by Gasteiger charge is -2.23. The molecular weight excluding hydrogens is 278 g/mol. The highest BCUT2D eigenvalue weighted by molar-refractivity contribution is 5.90. The van der Waals surface area contributed by atoms with Crippen molar-refractivity contribution in [2.45, 2.75) is 18.9 Å². The summed E-state index contributed by atoms with van der Waals surface area (Å²) in [6.07, 6.45) is 11.0. The highest BCUT2D eigenvalue weighted by Gasteiger charge is 2.15. The van der Waals surface area contributed by atoms with Gasteiger partial charge < -0.3 is 15.6 Å². The first-order valence-electron chi connectivity index (χ1n) is 7.47. The summed E-state index contributed by atoms with van der Waals surface area (Å²) in [6, 6.07) is 0.454. The Bertz CT molecular complexity index is 762. The molecule has 0 unspecified atom stereocenters. The second-order valence-electron chi connectivity index (χ2n) is 5.45. The van der Waals surface area contributed by atoms with E-state index in [0.717, 1.165) is 54.0 Å². The summed E-state index contributed by atoms with van der Waals surface area (Å²) < 4.78 is 0. The number of anilines is 1. The van der Waals surface area contributed by atoms with Crippen molar-refractivity contribution in [2.75, 3.05) is 18.4 Å². The molecule has 0 aliphatic carbocycles. The van der Waals surface area contributed by atoms with E-state index in [1.165, 1.54) is 6.33 Å². The normalized spacial score (nSPS) is 16.0. The third-order valence-electron chi connectivity index (χ3n) is 3.94. The van der Waals surface area contributed by atoms with Gasteiger partial charge in [0.25, 0.3) is 0 Å². The van der Waals surface area contributed by atoms with Crippen LogP contribution in [0, 0.1) is 0 Å². The number of fused-ring (bicyclic) bond motifs is 1. The summed E-state index contributed by atoms with van der Waals surface area (Å²) >= 11 is 0. The minimum atomic E-state index is 0.454. The van der Waals surface area contributed by atoms with Crippen LogP contribution in [0.3, 0.4) is 0 Å². The topological polar surface area (TPSA) is 91.4 Å². The third kappa shape index (κ3) is 2.50.